The SMILES string of the molecule is O=C1NCC[C@H]2CCNC[C@H]12. The zero-order valence-electron chi connectivity index (χ0n) is 6.60. The molecule has 62 valence electrons. The van der Waals surface area contributed by atoms with Gasteiger partial charge < -0.3 is 10.6 Å². The van der Waals surface area contributed by atoms with E-state index in [0.29, 0.717) is 5.92 Å². The van der Waals surface area contributed by atoms with Gasteiger partial charge in [-0.2, -0.15) is 0 Å². The lowest BCUT2D eigenvalue weighted by Crippen LogP contribution is -2.50. The van der Waals surface area contributed by atoms with Gasteiger partial charge in [-0.25, -0.2) is 0 Å². The van der Waals surface area contributed by atoms with Crippen molar-refractivity contribution in [3.8, 4) is 0 Å². The molecule has 0 spiro atoms. The van der Waals surface area contributed by atoms with Crippen LogP contribution in [0.15, 0.2) is 0 Å². The minimum Gasteiger partial charge on any atom is -0.356 e. The highest BCUT2D eigenvalue weighted by Gasteiger charge is 2.33. The molecule has 2 N–H and O–H groups in total. The third kappa shape index (κ3) is 1.25. The summed E-state index contributed by atoms with van der Waals surface area (Å²) >= 11 is 0. The first-order valence-corrected chi connectivity index (χ1v) is 4.36. The summed E-state index contributed by atoms with van der Waals surface area (Å²) < 4.78 is 0. The maximum atomic E-state index is 11.3. The van der Waals surface area contributed by atoms with Crippen molar-refractivity contribution in [1.29, 1.82) is 0 Å². The quantitative estimate of drug-likeness (QED) is 0.504. The Morgan fingerprint density at radius 2 is 2.09 bits per heavy atom. The summed E-state index contributed by atoms with van der Waals surface area (Å²) in [5.74, 6) is 1.18. The molecule has 3 heteroatoms. The maximum Gasteiger partial charge on any atom is 0.224 e. The Balaban J connectivity index is 2.05. The van der Waals surface area contributed by atoms with Crippen LogP contribution in [0.4, 0.5) is 0 Å². The number of hydrogen-bond acceptors (Lipinski definition) is 2. The van der Waals surface area contributed by atoms with Crippen LogP contribution in [0, 0.1) is 11.8 Å². The van der Waals surface area contributed by atoms with Gasteiger partial charge in [0, 0.05) is 13.1 Å². The molecule has 2 aliphatic heterocycles. The highest BCUT2D eigenvalue weighted by atomic mass is 16.2. The molecule has 2 aliphatic rings. The lowest BCUT2D eigenvalue weighted by molar-refractivity contribution is -0.129. The van der Waals surface area contributed by atoms with Crippen LogP contribution in [0.3, 0.4) is 0 Å². The van der Waals surface area contributed by atoms with Crippen LogP contribution in [0.5, 0.6) is 0 Å². The zero-order chi connectivity index (χ0) is 7.68. The van der Waals surface area contributed by atoms with Crippen molar-refractivity contribution in [2.24, 2.45) is 11.8 Å². The van der Waals surface area contributed by atoms with Crippen molar-refractivity contribution in [3.63, 3.8) is 0 Å². The van der Waals surface area contributed by atoms with Gasteiger partial charge in [0.05, 0.1) is 5.92 Å². The first-order valence-electron chi connectivity index (χ1n) is 4.36. The number of hydrogen-bond donors (Lipinski definition) is 2. The lowest BCUT2D eigenvalue weighted by atomic mass is 9.81. The molecule has 3 nitrogen and oxygen atoms in total. The van der Waals surface area contributed by atoms with Crippen molar-refractivity contribution in [2.75, 3.05) is 19.6 Å². The van der Waals surface area contributed by atoms with Crippen LogP contribution < -0.4 is 10.6 Å². The number of carbonyl (C=O) groups is 1. The topological polar surface area (TPSA) is 41.1 Å². The van der Waals surface area contributed by atoms with E-state index in [1.807, 2.05) is 0 Å². The number of carbonyl (C=O) groups excluding carboxylic acids is 1. The highest BCUT2D eigenvalue weighted by molar-refractivity contribution is 5.80. The molecular weight excluding hydrogens is 140 g/mol. The van der Waals surface area contributed by atoms with Crippen molar-refractivity contribution in [2.45, 2.75) is 12.8 Å². The zero-order valence-corrected chi connectivity index (χ0v) is 6.60. The minimum absolute atomic E-state index is 0.258. The molecule has 0 saturated carbocycles. The van der Waals surface area contributed by atoms with Gasteiger partial charge in [-0.3, -0.25) is 4.79 Å². The Morgan fingerprint density at radius 1 is 1.27 bits per heavy atom. The van der Waals surface area contributed by atoms with E-state index in [0.717, 1.165) is 19.6 Å². The molecule has 0 aliphatic carbocycles. The Hall–Kier alpha value is -0.570. The molecule has 2 heterocycles. The summed E-state index contributed by atoms with van der Waals surface area (Å²) in [6.07, 6.45) is 2.36. The fourth-order valence-corrected chi connectivity index (χ4v) is 2.08. The first kappa shape index (κ1) is 7.10. The number of amides is 1. The van der Waals surface area contributed by atoms with E-state index < -0.39 is 0 Å². The molecule has 0 aromatic heterocycles. The number of nitrogens with one attached hydrogen (secondary N) is 2. The molecule has 2 atom stereocenters. The van der Waals surface area contributed by atoms with E-state index in [9.17, 15) is 4.79 Å². The molecule has 0 radical (unpaired) electrons. The average Bonchev–Trinajstić information content (AvgIpc) is 2.06. The van der Waals surface area contributed by atoms with Crippen LogP contribution in [0.25, 0.3) is 0 Å². The summed E-state index contributed by atoms with van der Waals surface area (Å²) in [7, 11) is 0. The second-order valence-electron chi connectivity index (χ2n) is 3.44. The van der Waals surface area contributed by atoms with Crippen LogP contribution in [-0.4, -0.2) is 25.5 Å². The van der Waals surface area contributed by atoms with Gasteiger partial charge in [-0.15, -0.1) is 0 Å². The third-order valence-corrected chi connectivity index (χ3v) is 2.78. The van der Waals surface area contributed by atoms with Gasteiger partial charge in [-0.05, 0) is 25.3 Å². The van der Waals surface area contributed by atoms with E-state index >= 15 is 0 Å². The second kappa shape index (κ2) is 2.81. The average molecular weight is 154 g/mol. The van der Waals surface area contributed by atoms with Gasteiger partial charge in [0.15, 0.2) is 0 Å². The normalized spacial score (nSPS) is 37.6. The van der Waals surface area contributed by atoms with Crippen LogP contribution in [0.1, 0.15) is 12.8 Å². The number of rotatable bonds is 0. The van der Waals surface area contributed by atoms with Gasteiger partial charge in [0.1, 0.15) is 0 Å². The van der Waals surface area contributed by atoms with Crippen molar-refractivity contribution < 1.29 is 4.79 Å². The van der Waals surface area contributed by atoms with Gasteiger partial charge >= 0.3 is 0 Å². The molecule has 1 amide bonds. The fourth-order valence-electron chi connectivity index (χ4n) is 2.08. The lowest BCUT2D eigenvalue weighted by Gasteiger charge is -2.34. The van der Waals surface area contributed by atoms with E-state index in [-0.39, 0.29) is 11.8 Å². The standard InChI is InChI=1S/C8H14N2O/c11-8-7-5-9-3-1-6(7)2-4-10-8/h6-7,9H,1-5H2,(H,10,11)/t6-,7+/m1/s1. The summed E-state index contributed by atoms with van der Waals surface area (Å²) in [5, 5.41) is 6.16. The monoisotopic (exact) mass is 154 g/mol. The van der Waals surface area contributed by atoms with Gasteiger partial charge in [0.2, 0.25) is 5.91 Å². The largest absolute Gasteiger partial charge is 0.356 e. The molecule has 0 bridgehead atoms. The number of fused-ring (bicyclic) bond motifs is 1. The molecule has 2 saturated heterocycles. The van der Waals surface area contributed by atoms with Crippen molar-refractivity contribution in [3.05, 3.63) is 0 Å². The molecule has 0 aromatic carbocycles. The predicted octanol–water partition coefficient (Wildman–Crippen LogP) is -0.268. The maximum absolute atomic E-state index is 11.3. The van der Waals surface area contributed by atoms with E-state index in [1.165, 1.54) is 12.8 Å². The Labute approximate surface area is 66.5 Å². The van der Waals surface area contributed by atoms with Crippen molar-refractivity contribution >= 4 is 5.91 Å². The predicted molar refractivity (Wildman–Crippen MR) is 42.1 cm³/mol. The van der Waals surface area contributed by atoms with Crippen LogP contribution in [-0.2, 0) is 4.79 Å². The Kier molecular flexibility index (Phi) is 1.82. The molecule has 2 fully saturated rings. The van der Waals surface area contributed by atoms with Crippen molar-refractivity contribution in [1.82, 2.24) is 10.6 Å². The van der Waals surface area contributed by atoms with Crippen LogP contribution >= 0.6 is 0 Å². The Morgan fingerprint density at radius 3 is 2.91 bits per heavy atom. The third-order valence-electron chi connectivity index (χ3n) is 2.78. The molecule has 2 rings (SSSR count). The van der Waals surface area contributed by atoms with E-state index in [1.54, 1.807) is 0 Å². The summed E-state index contributed by atoms with van der Waals surface area (Å²) in [6, 6.07) is 0. The Bertz CT molecular complexity index is 167. The highest BCUT2D eigenvalue weighted by Crippen LogP contribution is 2.24. The van der Waals surface area contributed by atoms with Gasteiger partial charge in [0.25, 0.3) is 0 Å². The first-order chi connectivity index (χ1) is 5.38. The molecule has 0 unspecified atom stereocenters. The molecule has 11 heavy (non-hydrogen) atoms. The number of piperidine rings is 2. The smallest absolute Gasteiger partial charge is 0.224 e. The van der Waals surface area contributed by atoms with Gasteiger partial charge in [-0.1, -0.05) is 0 Å². The summed E-state index contributed by atoms with van der Waals surface area (Å²) in [5.41, 5.74) is 0. The summed E-state index contributed by atoms with van der Waals surface area (Å²) in [6.45, 7) is 2.87. The molecular formula is C8H14N2O. The van der Waals surface area contributed by atoms with E-state index in [4.69, 9.17) is 0 Å². The minimum atomic E-state index is 0.258. The fraction of sp³-hybridized carbons (Fsp3) is 0.875. The second-order valence-corrected chi connectivity index (χ2v) is 3.44. The van der Waals surface area contributed by atoms with Crippen LogP contribution in [0.2, 0.25) is 0 Å². The summed E-state index contributed by atoms with van der Waals surface area (Å²) in [4.78, 5) is 11.3. The molecule has 0 aromatic rings. The van der Waals surface area contributed by atoms with E-state index in [2.05, 4.69) is 10.6 Å².